The summed E-state index contributed by atoms with van der Waals surface area (Å²) in [6.07, 6.45) is 1.29. The number of imide groups is 1. The van der Waals surface area contributed by atoms with Crippen LogP contribution in [0.3, 0.4) is 0 Å². The number of ether oxygens (including phenoxy) is 2. The highest BCUT2D eigenvalue weighted by atomic mass is 16.7. The van der Waals surface area contributed by atoms with Crippen LogP contribution in [-0.2, 0) is 41.7 Å². The summed E-state index contributed by atoms with van der Waals surface area (Å²) in [5.41, 5.74) is 2.32. The highest BCUT2D eigenvalue weighted by Crippen LogP contribution is 2.28. The molecule has 0 aliphatic carbocycles. The number of rotatable bonds is 8. The van der Waals surface area contributed by atoms with Gasteiger partial charge in [-0.3, -0.25) is 29.3 Å². The standard InChI is InChI=1S/C29H27N3O8/c1-2-5-26(35)39-17-40-29(38)22-7-4-3-6-19(22)9-12-24(33)30-15-18-8-10-21-20(14-18)16-32(28(21)37)23-11-13-25(34)31-27(23)36/h3-4,6-8,10,14,23H,2,5,11,13,15-17H2,1H3,(H,30,33)(H,31,34,36). The molecule has 2 aliphatic heterocycles. The van der Waals surface area contributed by atoms with Crippen LogP contribution in [0.4, 0.5) is 0 Å². The number of amides is 4. The van der Waals surface area contributed by atoms with E-state index in [-0.39, 0.29) is 55.3 Å². The molecule has 2 aliphatic rings. The topological polar surface area (TPSA) is 148 Å². The van der Waals surface area contributed by atoms with Crippen LogP contribution in [0, 0.1) is 11.8 Å². The van der Waals surface area contributed by atoms with E-state index in [0.29, 0.717) is 12.0 Å². The number of piperidine rings is 1. The van der Waals surface area contributed by atoms with Gasteiger partial charge in [0.25, 0.3) is 11.8 Å². The van der Waals surface area contributed by atoms with Gasteiger partial charge in [-0.05, 0) is 42.2 Å². The second-order valence-corrected chi connectivity index (χ2v) is 9.19. The Morgan fingerprint density at radius 3 is 2.67 bits per heavy atom. The van der Waals surface area contributed by atoms with Crippen molar-refractivity contribution in [2.24, 2.45) is 0 Å². The molecule has 2 N–H and O–H groups in total. The van der Waals surface area contributed by atoms with Crippen molar-refractivity contribution >= 4 is 35.6 Å². The maximum absolute atomic E-state index is 12.8. The van der Waals surface area contributed by atoms with Crippen LogP contribution < -0.4 is 10.6 Å². The first-order valence-electron chi connectivity index (χ1n) is 12.7. The van der Waals surface area contributed by atoms with Crippen molar-refractivity contribution in [2.45, 2.75) is 51.7 Å². The molecule has 0 aromatic heterocycles. The third kappa shape index (κ3) is 6.71. The molecule has 0 radical (unpaired) electrons. The van der Waals surface area contributed by atoms with Crippen LogP contribution in [0.15, 0.2) is 42.5 Å². The van der Waals surface area contributed by atoms with Crippen molar-refractivity contribution in [3.05, 3.63) is 70.3 Å². The Labute approximate surface area is 230 Å². The third-order valence-electron chi connectivity index (χ3n) is 6.36. The Balaban J connectivity index is 1.33. The lowest BCUT2D eigenvalue weighted by molar-refractivity contribution is -0.152. The van der Waals surface area contributed by atoms with Crippen molar-refractivity contribution in [1.29, 1.82) is 0 Å². The van der Waals surface area contributed by atoms with Crippen molar-refractivity contribution in [3.63, 3.8) is 0 Å². The van der Waals surface area contributed by atoms with Gasteiger partial charge in [0, 0.05) is 43.0 Å². The minimum Gasteiger partial charge on any atom is -0.428 e. The number of nitrogens with one attached hydrogen (secondary N) is 2. The van der Waals surface area contributed by atoms with Gasteiger partial charge in [-0.2, -0.15) is 0 Å². The summed E-state index contributed by atoms with van der Waals surface area (Å²) in [6.45, 7) is 1.68. The van der Waals surface area contributed by atoms with E-state index in [4.69, 9.17) is 9.47 Å². The zero-order valence-electron chi connectivity index (χ0n) is 21.8. The Kier molecular flexibility index (Phi) is 8.91. The SMILES string of the molecule is CCCC(=O)OCOC(=O)c1ccccc1C#CC(=O)NCc1ccc2c(c1)CN(C1CCC(=O)NC1=O)C2=O. The van der Waals surface area contributed by atoms with Crippen LogP contribution in [-0.4, -0.2) is 53.3 Å². The van der Waals surface area contributed by atoms with Crippen LogP contribution in [0.1, 0.15) is 70.0 Å². The largest absolute Gasteiger partial charge is 0.428 e. The van der Waals surface area contributed by atoms with Gasteiger partial charge in [0.2, 0.25) is 18.6 Å². The van der Waals surface area contributed by atoms with Gasteiger partial charge in [-0.25, -0.2) is 4.79 Å². The molecule has 1 saturated heterocycles. The van der Waals surface area contributed by atoms with Crippen molar-refractivity contribution in [1.82, 2.24) is 15.5 Å². The molecule has 1 atom stereocenters. The molecule has 1 unspecified atom stereocenters. The quantitative estimate of drug-likeness (QED) is 0.220. The number of nitrogens with zero attached hydrogens (tertiary/aromatic N) is 1. The summed E-state index contributed by atoms with van der Waals surface area (Å²) in [5, 5.41) is 4.95. The second-order valence-electron chi connectivity index (χ2n) is 9.19. The summed E-state index contributed by atoms with van der Waals surface area (Å²) >= 11 is 0. The van der Waals surface area contributed by atoms with Gasteiger partial charge < -0.3 is 19.7 Å². The first-order valence-corrected chi connectivity index (χ1v) is 12.7. The molecule has 2 aromatic rings. The number of carbonyl (C=O) groups is 6. The van der Waals surface area contributed by atoms with Gasteiger partial charge in [-0.1, -0.05) is 37.1 Å². The number of hydrogen-bond donors (Lipinski definition) is 2. The summed E-state index contributed by atoms with van der Waals surface area (Å²) in [7, 11) is 0. The molecular weight excluding hydrogens is 518 g/mol. The zero-order chi connectivity index (χ0) is 28.6. The van der Waals surface area contributed by atoms with Gasteiger partial charge >= 0.3 is 11.9 Å². The Bertz CT molecular complexity index is 1440. The summed E-state index contributed by atoms with van der Waals surface area (Å²) in [6, 6.07) is 10.8. The Morgan fingerprint density at radius 1 is 1.10 bits per heavy atom. The molecular formula is C29H27N3O8. The van der Waals surface area contributed by atoms with Crippen LogP contribution >= 0.6 is 0 Å². The van der Waals surface area contributed by atoms with Crippen LogP contribution in [0.2, 0.25) is 0 Å². The van der Waals surface area contributed by atoms with Crippen LogP contribution in [0.25, 0.3) is 0 Å². The van der Waals surface area contributed by atoms with Crippen LogP contribution in [0.5, 0.6) is 0 Å². The summed E-state index contributed by atoms with van der Waals surface area (Å²) in [5.74, 6) is 2.21. The minimum absolute atomic E-state index is 0.123. The van der Waals surface area contributed by atoms with Crippen molar-refractivity contribution in [2.75, 3.05) is 6.79 Å². The van der Waals surface area contributed by atoms with Gasteiger partial charge in [-0.15, -0.1) is 0 Å². The van der Waals surface area contributed by atoms with Crippen molar-refractivity contribution in [3.8, 4) is 11.8 Å². The molecule has 0 bridgehead atoms. The number of esters is 2. The number of carbonyl (C=O) groups excluding carboxylic acids is 6. The molecule has 11 nitrogen and oxygen atoms in total. The maximum atomic E-state index is 12.8. The highest BCUT2D eigenvalue weighted by molar-refractivity contribution is 6.05. The van der Waals surface area contributed by atoms with E-state index in [1.54, 1.807) is 36.4 Å². The average molecular weight is 546 g/mol. The number of hydrogen-bond acceptors (Lipinski definition) is 8. The molecule has 40 heavy (non-hydrogen) atoms. The maximum Gasteiger partial charge on any atom is 0.342 e. The molecule has 206 valence electrons. The molecule has 2 aromatic carbocycles. The van der Waals surface area contributed by atoms with E-state index in [2.05, 4.69) is 22.5 Å². The van der Waals surface area contributed by atoms with E-state index in [9.17, 15) is 28.8 Å². The first kappa shape index (κ1) is 28.0. The lowest BCUT2D eigenvalue weighted by Crippen LogP contribution is -2.52. The average Bonchev–Trinajstić information content (AvgIpc) is 3.26. The predicted octanol–water partition coefficient (Wildman–Crippen LogP) is 1.57. The van der Waals surface area contributed by atoms with Gasteiger partial charge in [0.15, 0.2) is 0 Å². The fourth-order valence-corrected chi connectivity index (χ4v) is 4.36. The normalized spacial score (nSPS) is 15.9. The monoisotopic (exact) mass is 545 g/mol. The summed E-state index contributed by atoms with van der Waals surface area (Å²) < 4.78 is 9.82. The van der Waals surface area contributed by atoms with E-state index in [1.807, 2.05) is 6.92 Å². The smallest absolute Gasteiger partial charge is 0.342 e. The van der Waals surface area contributed by atoms with Gasteiger partial charge in [0.05, 0.1) is 5.56 Å². The van der Waals surface area contributed by atoms with Gasteiger partial charge in [0.1, 0.15) is 6.04 Å². The van der Waals surface area contributed by atoms with E-state index in [1.165, 1.54) is 11.0 Å². The third-order valence-corrected chi connectivity index (χ3v) is 6.36. The molecule has 0 spiro atoms. The first-order chi connectivity index (χ1) is 19.3. The molecule has 1 fully saturated rings. The fraction of sp³-hybridized carbons (Fsp3) is 0.310. The molecule has 4 amide bonds. The van der Waals surface area contributed by atoms with E-state index in [0.717, 1.165) is 11.1 Å². The number of benzene rings is 2. The zero-order valence-corrected chi connectivity index (χ0v) is 21.8. The lowest BCUT2D eigenvalue weighted by Gasteiger charge is -2.29. The highest BCUT2D eigenvalue weighted by Gasteiger charge is 2.39. The predicted molar refractivity (Wildman–Crippen MR) is 139 cm³/mol. The van der Waals surface area contributed by atoms with E-state index >= 15 is 0 Å². The molecule has 11 heteroatoms. The fourth-order valence-electron chi connectivity index (χ4n) is 4.36. The number of fused-ring (bicyclic) bond motifs is 1. The lowest BCUT2D eigenvalue weighted by atomic mass is 10.0. The molecule has 2 heterocycles. The second kappa shape index (κ2) is 12.7. The summed E-state index contributed by atoms with van der Waals surface area (Å²) in [4.78, 5) is 74.1. The molecule has 0 saturated carbocycles. The molecule has 4 rings (SSSR count). The van der Waals surface area contributed by atoms with Crippen molar-refractivity contribution < 1.29 is 38.2 Å². The Hall–Kier alpha value is -4.98. The Morgan fingerprint density at radius 2 is 1.90 bits per heavy atom. The van der Waals surface area contributed by atoms with E-state index < -0.39 is 36.6 Å². The minimum atomic E-state index is -0.742.